The molecule has 3 rings (SSSR count). The monoisotopic (exact) mass is 508 g/mol. The van der Waals surface area contributed by atoms with E-state index in [1.165, 1.54) is 6.08 Å². The zero-order valence-corrected chi connectivity index (χ0v) is 17.6. The van der Waals surface area contributed by atoms with Crippen molar-refractivity contribution in [2.75, 3.05) is 6.61 Å². The molecule has 1 aromatic heterocycles. The number of benzene rings is 1. The molecule has 150 valence electrons. The second-order valence-electron chi connectivity index (χ2n) is 6.18. The fourth-order valence-electron chi connectivity index (χ4n) is 3.03. The number of alkyl halides is 1. The summed E-state index contributed by atoms with van der Waals surface area (Å²) in [5, 5.41) is 0. The van der Waals surface area contributed by atoms with Crippen LogP contribution in [0.15, 0.2) is 50.8 Å². The molecule has 0 saturated heterocycles. The molecule has 1 aromatic carbocycles. The van der Waals surface area contributed by atoms with Crippen LogP contribution in [0.4, 0.5) is 0 Å². The summed E-state index contributed by atoms with van der Waals surface area (Å²) in [6.45, 7) is 1.42. The van der Waals surface area contributed by atoms with E-state index in [1.54, 1.807) is 43.3 Å². The highest BCUT2D eigenvalue weighted by Crippen LogP contribution is 2.21. The first kappa shape index (κ1) is 20.9. The summed E-state index contributed by atoms with van der Waals surface area (Å²) < 4.78 is 5.93. The van der Waals surface area contributed by atoms with Crippen molar-refractivity contribution >= 4 is 40.4 Å². The summed E-state index contributed by atoms with van der Waals surface area (Å²) in [6.07, 6.45) is 2.79. The third-order valence-electron chi connectivity index (χ3n) is 4.37. The molecule has 0 bridgehead atoms. The Morgan fingerprint density at radius 2 is 1.76 bits per heavy atom. The number of rotatable bonds is 5. The molecule has 1 unspecified atom stereocenters. The number of hydrogen-bond acceptors (Lipinski definition) is 6. The van der Waals surface area contributed by atoms with Crippen LogP contribution in [0.3, 0.4) is 0 Å². The number of carbonyl (C=O) groups is 2. The molecular formula is C20H17IN2O6. The van der Waals surface area contributed by atoms with Crippen molar-refractivity contribution in [1.82, 2.24) is 9.13 Å². The molecule has 0 spiro atoms. The minimum absolute atomic E-state index is 0.0519. The Balaban J connectivity index is 2.35. The van der Waals surface area contributed by atoms with Crippen LogP contribution in [-0.4, -0.2) is 31.4 Å². The van der Waals surface area contributed by atoms with Crippen LogP contribution in [0.5, 0.6) is 0 Å². The number of ether oxygens (including phenoxy) is 1. The van der Waals surface area contributed by atoms with Gasteiger partial charge in [0.25, 0.3) is 5.56 Å². The highest BCUT2D eigenvalue weighted by molar-refractivity contribution is 14.1. The number of hydrogen-bond donors (Lipinski definition) is 0. The number of nitrogens with zero attached hydrogens (tertiary/aromatic N) is 2. The Labute approximate surface area is 178 Å². The normalized spacial score (nSPS) is 15.1. The quantitative estimate of drug-likeness (QED) is 0.261. The van der Waals surface area contributed by atoms with E-state index in [0.29, 0.717) is 10.3 Å². The molecule has 29 heavy (non-hydrogen) atoms. The van der Waals surface area contributed by atoms with E-state index in [4.69, 9.17) is 4.74 Å². The maximum Gasteiger partial charge on any atom is 0.321 e. The number of fused-ring (bicyclic) bond motifs is 1. The molecule has 1 atom stereocenters. The smallest absolute Gasteiger partial charge is 0.321 e. The zero-order valence-electron chi connectivity index (χ0n) is 15.5. The zero-order chi connectivity index (χ0) is 21.1. The SMILES string of the molecule is CCOC(=O)CCn1c(=O)c2c(n(-c3ccccc3)c(=O)c1=O)C=CC(I)C2=O. The van der Waals surface area contributed by atoms with E-state index in [1.807, 2.05) is 22.6 Å². The second kappa shape index (κ2) is 8.68. The summed E-state index contributed by atoms with van der Waals surface area (Å²) in [6, 6.07) is 8.29. The van der Waals surface area contributed by atoms with Crippen LogP contribution >= 0.6 is 22.6 Å². The van der Waals surface area contributed by atoms with Crippen molar-refractivity contribution in [3.63, 3.8) is 0 Å². The van der Waals surface area contributed by atoms with E-state index < -0.39 is 32.4 Å². The van der Waals surface area contributed by atoms with Crippen LogP contribution in [0.1, 0.15) is 29.4 Å². The van der Waals surface area contributed by atoms with E-state index >= 15 is 0 Å². The second-order valence-corrected chi connectivity index (χ2v) is 7.52. The number of carbonyl (C=O) groups excluding carboxylic acids is 2. The topological polar surface area (TPSA) is 104 Å². The average molecular weight is 508 g/mol. The van der Waals surface area contributed by atoms with Gasteiger partial charge in [0, 0.05) is 12.2 Å². The third kappa shape index (κ3) is 4.00. The number of halogens is 1. The van der Waals surface area contributed by atoms with Gasteiger partial charge >= 0.3 is 17.1 Å². The molecule has 1 aliphatic rings. The number of esters is 1. The Kier molecular flexibility index (Phi) is 6.26. The van der Waals surface area contributed by atoms with Gasteiger partial charge in [0.15, 0.2) is 5.78 Å². The van der Waals surface area contributed by atoms with Gasteiger partial charge < -0.3 is 4.74 Å². The predicted molar refractivity (Wildman–Crippen MR) is 115 cm³/mol. The summed E-state index contributed by atoms with van der Waals surface area (Å²) >= 11 is 1.87. The number of para-hydroxylation sites is 1. The molecule has 0 N–H and O–H groups in total. The Morgan fingerprint density at radius 1 is 1.07 bits per heavy atom. The first-order valence-electron chi connectivity index (χ1n) is 8.88. The number of Topliss-reactive ketones (excluding diaryl/α,β-unsaturated/α-hetero) is 1. The Morgan fingerprint density at radius 3 is 2.41 bits per heavy atom. The first-order valence-corrected chi connectivity index (χ1v) is 10.1. The summed E-state index contributed by atoms with van der Waals surface area (Å²) in [7, 11) is 0. The van der Waals surface area contributed by atoms with Gasteiger partial charge in [-0.15, -0.1) is 0 Å². The molecule has 2 aromatic rings. The third-order valence-corrected chi connectivity index (χ3v) is 5.35. The van der Waals surface area contributed by atoms with E-state index in [9.17, 15) is 24.0 Å². The molecule has 0 saturated carbocycles. The number of aromatic nitrogens is 2. The van der Waals surface area contributed by atoms with Crippen molar-refractivity contribution in [2.24, 2.45) is 0 Å². The minimum atomic E-state index is -1.11. The van der Waals surface area contributed by atoms with Crippen molar-refractivity contribution in [1.29, 1.82) is 0 Å². The van der Waals surface area contributed by atoms with Gasteiger partial charge in [0.2, 0.25) is 0 Å². The molecule has 0 aliphatic heterocycles. The molecule has 8 nitrogen and oxygen atoms in total. The van der Waals surface area contributed by atoms with Gasteiger partial charge in [0.1, 0.15) is 5.56 Å². The Hall–Kier alpha value is -2.82. The standard InChI is InChI=1S/C20H17IN2O6/c1-2-29-15(24)10-11-22-18(26)16-14(9-8-13(21)17(16)25)23(20(28)19(22)27)12-6-4-3-5-7-12/h3-9,13H,2,10-11H2,1H3. The van der Waals surface area contributed by atoms with Crippen LogP contribution in [0.2, 0.25) is 0 Å². The van der Waals surface area contributed by atoms with Gasteiger partial charge in [0.05, 0.1) is 22.6 Å². The van der Waals surface area contributed by atoms with E-state index in [-0.39, 0.29) is 30.8 Å². The van der Waals surface area contributed by atoms with Gasteiger partial charge in [-0.05, 0) is 25.1 Å². The van der Waals surface area contributed by atoms with Crippen molar-refractivity contribution in [3.8, 4) is 5.69 Å². The lowest BCUT2D eigenvalue weighted by molar-refractivity contribution is -0.143. The largest absolute Gasteiger partial charge is 0.466 e. The van der Waals surface area contributed by atoms with Crippen LogP contribution in [0, 0.1) is 0 Å². The van der Waals surface area contributed by atoms with Gasteiger partial charge in [-0.25, -0.2) is 0 Å². The Bertz CT molecular complexity index is 1180. The lowest BCUT2D eigenvalue weighted by Crippen LogP contribution is -2.42. The summed E-state index contributed by atoms with van der Waals surface area (Å²) in [5.41, 5.74) is -2.83. The van der Waals surface area contributed by atoms with Crippen LogP contribution in [0.25, 0.3) is 11.8 Å². The summed E-state index contributed by atoms with van der Waals surface area (Å²) in [4.78, 5) is 63.4. The highest BCUT2D eigenvalue weighted by atomic mass is 127. The molecule has 9 heteroatoms. The summed E-state index contributed by atoms with van der Waals surface area (Å²) in [5.74, 6) is -1.11. The number of ketones is 1. The van der Waals surface area contributed by atoms with Gasteiger partial charge in [-0.2, -0.15) is 0 Å². The minimum Gasteiger partial charge on any atom is -0.466 e. The maximum atomic E-state index is 13.1. The first-order chi connectivity index (χ1) is 13.9. The molecule has 0 amide bonds. The van der Waals surface area contributed by atoms with E-state index in [2.05, 4.69) is 0 Å². The number of allylic oxidation sites excluding steroid dienone is 1. The molecule has 0 radical (unpaired) electrons. The molecule has 1 aliphatic carbocycles. The van der Waals surface area contributed by atoms with Crippen molar-refractivity contribution < 1.29 is 14.3 Å². The van der Waals surface area contributed by atoms with E-state index in [0.717, 1.165) is 4.57 Å². The highest BCUT2D eigenvalue weighted by Gasteiger charge is 2.29. The average Bonchev–Trinajstić information content (AvgIpc) is 2.78. The van der Waals surface area contributed by atoms with Crippen LogP contribution < -0.4 is 16.7 Å². The molecular weight excluding hydrogens is 491 g/mol. The molecule has 1 heterocycles. The molecule has 0 fully saturated rings. The maximum absolute atomic E-state index is 13.1. The lowest BCUT2D eigenvalue weighted by Gasteiger charge is -2.15. The van der Waals surface area contributed by atoms with Crippen LogP contribution in [-0.2, 0) is 16.1 Å². The fraction of sp³-hybridized carbons (Fsp3) is 0.250. The van der Waals surface area contributed by atoms with Crippen molar-refractivity contribution in [3.05, 3.63) is 78.7 Å². The van der Waals surface area contributed by atoms with Crippen molar-refractivity contribution in [2.45, 2.75) is 23.8 Å². The van der Waals surface area contributed by atoms with Gasteiger partial charge in [-0.3, -0.25) is 33.1 Å². The fourth-order valence-corrected chi connectivity index (χ4v) is 3.55. The predicted octanol–water partition coefficient (Wildman–Crippen LogP) is 1.33. The lowest BCUT2D eigenvalue weighted by atomic mass is 10.0. The van der Waals surface area contributed by atoms with Gasteiger partial charge in [-0.1, -0.05) is 46.9 Å².